The van der Waals surface area contributed by atoms with E-state index in [0.29, 0.717) is 12.5 Å². The minimum absolute atomic E-state index is 0.0883. The molecule has 26 heavy (non-hydrogen) atoms. The van der Waals surface area contributed by atoms with E-state index in [2.05, 4.69) is 30.3 Å². The SMILES string of the molecule is CC(C)CNc1nc2c(ncn2C2O[C@H](CO)C(O)[C@H]2N=[N+]=[N-])c(=O)[nH]1. The minimum atomic E-state index is -1.20. The zero-order chi connectivity index (χ0) is 18.8. The fourth-order valence-corrected chi connectivity index (χ4v) is 2.79. The van der Waals surface area contributed by atoms with Crippen LogP contribution in [0.4, 0.5) is 5.95 Å². The number of nitrogens with one attached hydrogen (secondary N) is 2. The first-order chi connectivity index (χ1) is 12.5. The Bertz CT molecular complexity index is 887. The van der Waals surface area contributed by atoms with Crippen LogP contribution in [0.3, 0.4) is 0 Å². The number of aromatic amines is 1. The lowest BCUT2D eigenvalue weighted by Gasteiger charge is -2.17. The second-order valence-corrected chi connectivity index (χ2v) is 6.45. The fraction of sp³-hybridized carbons (Fsp3) is 0.643. The zero-order valence-corrected chi connectivity index (χ0v) is 14.3. The molecular weight excluding hydrogens is 344 g/mol. The molecule has 140 valence electrons. The quantitative estimate of drug-likeness (QED) is 0.320. The van der Waals surface area contributed by atoms with Gasteiger partial charge in [0.25, 0.3) is 5.56 Å². The number of aliphatic hydroxyl groups excluding tert-OH is 2. The lowest BCUT2D eigenvalue weighted by molar-refractivity contribution is -0.0436. The summed E-state index contributed by atoms with van der Waals surface area (Å²) in [7, 11) is 0. The number of imidazole rings is 1. The van der Waals surface area contributed by atoms with Gasteiger partial charge in [0.15, 0.2) is 11.2 Å². The van der Waals surface area contributed by atoms with E-state index in [-0.39, 0.29) is 17.1 Å². The third-order valence-corrected chi connectivity index (χ3v) is 4.09. The lowest BCUT2D eigenvalue weighted by Crippen LogP contribution is -2.31. The molecule has 4 N–H and O–H groups in total. The first kappa shape index (κ1) is 18.1. The van der Waals surface area contributed by atoms with Crippen molar-refractivity contribution in [3.63, 3.8) is 0 Å². The van der Waals surface area contributed by atoms with E-state index in [4.69, 9.17) is 10.3 Å². The molecule has 0 radical (unpaired) electrons. The predicted octanol–water partition coefficient (Wildman–Crippen LogP) is 0.117. The monoisotopic (exact) mass is 364 g/mol. The van der Waals surface area contributed by atoms with Crippen LogP contribution in [-0.2, 0) is 4.74 Å². The number of nitrogens with zero attached hydrogens (tertiary/aromatic N) is 6. The number of ether oxygens (including phenoxy) is 1. The topological polar surface area (TPSA) is 174 Å². The van der Waals surface area contributed by atoms with Crippen molar-refractivity contribution in [1.82, 2.24) is 19.5 Å². The Hall–Kier alpha value is -2.66. The molecule has 12 heteroatoms. The second kappa shape index (κ2) is 7.30. The Kier molecular flexibility index (Phi) is 5.09. The molecular formula is C14H20N8O4. The van der Waals surface area contributed by atoms with Gasteiger partial charge in [-0.3, -0.25) is 14.3 Å². The molecule has 3 rings (SSSR count). The van der Waals surface area contributed by atoms with Crippen molar-refractivity contribution in [2.24, 2.45) is 11.0 Å². The Labute approximate surface area is 147 Å². The lowest BCUT2D eigenvalue weighted by atomic mass is 10.1. The van der Waals surface area contributed by atoms with Crippen LogP contribution in [0, 0.1) is 5.92 Å². The number of fused-ring (bicyclic) bond motifs is 1. The van der Waals surface area contributed by atoms with E-state index >= 15 is 0 Å². The molecule has 1 aliphatic rings. The summed E-state index contributed by atoms with van der Waals surface area (Å²) in [5, 5.41) is 26.1. The van der Waals surface area contributed by atoms with E-state index in [1.54, 1.807) is 0 Å². The second-order valence-electron chi connectivity index (χ2n) is 6.45. The summed E-state index contributed by atoms with van der Waals surface area (Å²) in [6.45, 7) is 4.19. The third kappa shape index (κ3) is 3.22. The number of hydrogen-bond acceptors (Lipinski definition) is 8. The van der Waals surface area contributed by atoms with Gasteiger partial charge in [0.05, 0.1) is 19.0 Å². The van der Waals surface area contributed by atoms with Crippen molar-refractivity contribution in [3.8, 4) is 0 Å². The summed E-state index contributed by atoms with van der Waals surface area (Å²) in [5.74, 6) is 0.615. The molecule has 1 fully saturated rings. The summed E-state index contributed by atoms with van der Waals surface area (Å²) in [5.41, 5.74) is 8.64. The number of anilines is 1. The van der Waals surface area contributed by atoms with Gasteiger partial charge in [-0.1, -0.05) is 19.0 Å². The van der Waals surface area contributed by atoms with Crippen LogP contribution in [0.2, 0.25) is 0 Å². The summed E-state index contributed by atoms with van der Waals surface area (Å²) in [6, 6.07) is -0.997. The average Bonchev–Trinajstić information content (AvgIpc) is 3.15. The number of rotatable bonds is 6. The van der Waals surface area contributed by atoms with Crippen molar-refractivity contribution in [2.75, 3.05) is 18.5 Å². The number of aliphatic hydroxyl groups is 2. The number of hydrogen-bond donors (Lipinski definition) is 4. The molecule has 0 saturated carbocycles. The van der Waals surface area contributed by atoms with Crippen molar-refractivity contribution >= 4 is 17.1 Å². The maximum atomic E-state index is 12.2. The van der Waals surface area contributed by atoms with Crippen molar-refractivity contribution in [2.45, 2.75) is 38.3 Å². The Morgan fingerprint density at radius 3 is 3.00 bits per heavy atom. The molecule has 1 saturated heterocycles. The van der Waals surface area contributed by atoms with E-state index in [1.165, 1.54) is 10.9 Å². The van der Waals surface area contributed by atoms with Gasteiger partial charge in [-0.2, -0.15) is 4.98 Å². The molecule has 0 aromatic carbocycles. The zero-order valence-electron chi connectivity index (χ0n) is 14.3. The van der Waals surface area contributed by atoms with Gasteiger partial charge in [-0.05, 0) is 11.4 Å². The molecule has 2 aromatic rings. The van der Waals surface area contributed by atoms with Gasteiger partial charge in [-0.15, -0.1) is 0 Å². The van der Waals surface area contributed by atoms with E-state index in [1.807, 2.05) is 13.8 Å². The Balaban J connectivity index is 2.04. The van der Waals surface area contributed by atoms with Gasteiger partial charge in [0.2, 0.25) is 5.95 Å². The molecule has 4 atom stereocenters. The summed E-state index contributed by atoms with van der Waals surface area (Å²) in [4.78, 5) is 26.0. The highest BCUT2D eigenvalue weighted by Crippen LogP contribution is 2.33. The summed E-state index contributed by atoms with van der Waals surface area (Å²) in [6.07, 6.45) is -1.74. The first-order valence-electron chi connectivity index (χ1n) is 8.15. The fourth-order valence-electron chi connectivity index (χ4n) is 2.79. The Morgan fingerprint density at radius 1 is 1.58 bits per heavy atom. The molecule has 3 heterocycles. The summed E-state index contributed by atoms with van der Waals surface area (Å²) >= 11 is 0. The molecule has 0 aliphatic carbocycles. The highest BCUT2D eigenvalue weighted by atomic mass is 16.5. The standard InChI is InChI=1S/C14H20N8O4/c1-6(2)3-16-14-18-11-9(12(25)19-14)17-5-22(11)13-8(20-21-15)10(24)7(4-23)26-13/h5-8,10,13,23-24H,3-4H2,1-2H3,(H2,16,18,19,25)/t7-,8-,10?,13?/m1/s1. The first-order valence-corrected chi connectivity index (χ1v) is 8.15. The normalized spacial score (nSPS) is 25.6. The van der Waals surface area contributed by atoms with Crippen LogP contribution in [0.1, 0.15) is 20.1 Å². The van der Waals surface area contributed by atoms with Crippen molar-refractivity contribution in [3.05, 3.63) is 27.1 Å². The molecule has 2 aromatic heterocycles. The highest BCUT2D eigenvalue weighted by molar-refractivity contribution is 5.71. The largest absolute Gasteiger partial charge is 0.394 e. The van der Waals surface area contributed by atoms with E-state index in [9.17, 15) is 15.0 Å². The maximum absolute atomic E-state index is 12.2. The van der Waals surface area contributed by atoms with Crippen LogP contribution in [0.25, 0.3) is 21.6 Å². The van der Waals surface area contributed by atoms with Crippen molar-refractivity contribution in [1.29, 1.82) is 0 Å². The van der Waals surface area contributed by atoms with Crippen LogP contribution >= 0.6 is 0 Å². The van der Waals surface area contributed by atoms with Gasteiger partial charge in [0.1, 0.15) is 18.4 Å². The molecule has 0 amide bonds. The molecule has 0 spiro atoms. The molecule has 2 unspecified atom stereocenters. The van der Waals surface area contributed by atoms with E-state index in [0.717, 1.165) is 0 Å². The highest BCUT2D eigenvalue weighted by Gasteiger charge is 2.44. The predicted molar refractivity (Wildman–Crippen MR) is 91.4 cm³/mol. The van der Waals surface area contributed by atoms with Crippen LogP contribution in [0.15, 0.2) is 16.2 Å². The number of aromatic nitrogens is 4. The van der Waals surface area contributed by atoms with Crippen LogP contribution < -0.4 is 10.9 Å². The van der Waals surface area contributed by atoms with E-state index < -0.39 is 36.6 Å². The van der Waals surface area contributed by atoms with Gasteiger partial charge >= 0.3 is 0 Å². The number of H-pyrrole nitrogens is 1. The maximum Gasteiger partial charge on any atom is 0.280 e. The van der Waals surface area contributed by atoms with Gasteiger partial charge < -0.3 is 20.3 Å². The van der Waals surface area contributed by atoms with Gasteiger partial charge in [-0.25, -0.2) is 4.98 Å². The third-order valence-electron chi connectivity index (χ3n) is 4.09. The Morgan fingerprint density at radius 2 is 2.35 bits per heavy atom. The minimum Gasteiger partial charge on any atom is -0.394 e. The van der Waals surface area contributed by atoms with Crippen LogP contribution in [-0.4, -0.2) is 61.1 Å². The van der Waals surface area contributed by atoms with Crippen molar-refractivity contribution < 1.29 is 14.9 Å². The smallest absolute Gasteiger partial charge is 0.280 e. The average molecular weight is 364 g/mol. The molecule has 0 bridgehead atoms. The molecule has 1 aliphatic heterocycles. The van der Waals surface area contributed by atoms with Gasteiger partial charge in [0, 0.05) is 11.5 Å². The van der Waals surface area contributed by atoms with Crippen LogP contribution in [0.5, 0.6) is 0 Å². The summed E-state index contributed by atoms with van der Waals surface area (Å²) < 4.78 is 7.02. The number of azide groups is 1. The molecule has 12 nitrogen and oxygen atoms in total.